The van der Waals surface area contributed by atoms with Gasteiger partial charge >= 0.3 is 0 Å². The summed E-state index contributed by atoms with van der Waals surface area (Å²) in [5, 5.41) is 24.3. The van der Waals surface area contributed by atoms with E-state index >= 15 is 0 Å². The fourth-order valence-corrected chi connectivity index (χ4v) is 6.26. The largest absolute Gasteiger partial charge is 0.368 e. The van der Waals surface area contributed by atoms with Crippen molar-refractivity contribution in [2.75, 3.05) is 26.2 Å². The predicted octanol–water partition coefficient (Wildman–Crippen LogP) is -2.85. The smallest absolute Gasteiger partial charge is 0.246 e. The molecular weight excluding hydrogens is 831 g/mol. The maximum absolute atomic E-state index is 13.8. The Labute approximate surface area is 377 Å². The van der Waals surface area contributed by atoms with Crippen LogP contribution in [0.2, 0.25) is 0 Å². The van der Waals surface area contributed by atoms with Gasteiger partial charge in [0.2, 0.25) is 53.2 Å². The highest BCUT2D eigenvalue weighted by molar-refractivity contribution is 6.01. The monoisotopic (exact) mass is 910 g/mol. The van der Waals surface area contributed by atoms with Crippen molar-refractivity contribution in [2.45, 2.75) is 185 Å². The van der Waals surface area contributed by atoms with Crippen LogP contribution in [0.1, 0.15) is 134 Å². The van der Waals surface area contributed by atoms with E-state index in [2.05, 4.69) is 47.9 Å². The van der Waals surface area contributed by atoms with E-state index in [1.165, 1.54) is 83.1 Å². The molecule has 0 saturated carbocycles. The lowest BCUT2D eigenvalue weighted by molar-refractivity contribution is -0.141. The summed E-state index contributed by atoms with van der Waals surface area (Å²) < 4.78 is 0. The van der Waals surface area contributed by atoms with E-state index in [1.54, 1.807) is 0 Å². The van der Waals surface area contributed by atoms with E-state index in [0.717, 1.165) is 0 Å². The molecule has 0 aromatic heterocycles. The molecule has 0 spiro atoms. The summed E-state index contributed by atoms with van der Waals surface area (Å²) in [7, 11) is 0. The van der Waals surface area contributed by atoms with Crippen molar-refractivity contribution in [3.63, 3.8) is 0 Å². The molecule has 0 unspecified atom stereocenters. The lowest BCUT2D eigenvalue weighted by Crippen LogP contribution is -2.69. The van der Waals surface area contributed by atoms with E-state index in [-0.39, 0.29) is 25.7 Å². The van der Waals surface area contributed by atoms with Gasteiger partial charge in [-0.2, -0.15) is 0 Å². The zero-order valence-electron chi connectivity index (χ0n) is 40.1. The maximum atomic E-state index is 13.8. The average molecular weight is 910 g/mol. The molecule has 0 bridgehead atoms. The van der Waals surface area contributed by atoms with Gasteiger partial charge in [-0.1, -0.05) is 0 Å². The van der Waals surface area contributed by atoms with Gasteiger partial charge in [-0.25, -0.2) is 0 Å². The summed E-state index contributed by atoms with van der Waals surface area (Å²) in [6, 6.07) is -2.34. The molecular formula is C42H79N13O9. The number of piperidine rings is 1. The maximum Gasteiger partial charge on any atom is 0.246 e. The van der Waals surface area contributed by atoms with E-state index in [9.17, 15) is 43.2 Å². The standard InChI is InChI=1S/C42H79N13O9/c1-36(2,46)30(59)52-37(3,4)31(60)48-25(17-13-15-21-43)27(56)50-39(7,8)33(62)53-38(5,6)32(61)49-26(18-14-16-22-44)28(57)51-40(9,10)34(63)54-41(11,12)35(64)55-42(29(45)58)19-23-47-24-20-42/h25-26,47H,13-24,43-44,46H2,1-12H3,(H2,45,58)(H,48,60)(H,49,61)(H,50,56)(H,51,57)(H,52,59)(H,53,62)(H,54,63)(H,55,64)/t25-,26-/m0/s1. The van der Waals surface area contributed by atoms with Crippen molar-refractivity contribution < 1.29 is 43.2 Å². The van der Waals surface area contributed by atoms with Gasteiger partial charge in [0.25, 0.3) is 0 Å². The van der Waals surface area contributed by atoms with Crippen molar-refractivity contribution >= 4 is 53.2 Å². The number of amides is 9. The van der Waals surface area contributed by atoms with E-state index in [1.807, 2.05) is 0 Å². The van der Waals surface area contributed by atoms with Gasteiger partial charge < -0.3 is 70.8 Å². The van der Waals surface area contributed by atoms with Crippen LogP contribution in [-0.2, 0) is 43.2 Å². The summed E-state index contributed by atoms with van der Waals surface area (Å²) in [4.78, 5) is 120. The fraction of sp³-hybridized carbons (Fsp3) is 0.786. The van der Waals surface area contributed by atoms with Gasteiger partial charge in [-0.05, 0) is 161 Å². The van der Waals surface area contributed by atoms with Crippen LogP contribution in [-0.4, -0.2) is 130 Å². The number of rotatable bonds is 25. The van der Waals surface area contributed by atoms with Gasteiger partial charge in [0.15, 0.2) is 0 Å². The summed E-state index contributed by atoms with van der Waals surface area (Å²) >= 11 is 0. The third kappa shape index (κ3) is 16.9. The molecule has 1 saturated heterocycles. The fourth-order valence-electron chi connectivity index (χ4n) is 6.26. The highest BCUT2D eigenvalue weighted by Gasteiger charge is 2.45. The highest BCUT2D eigenvalue weighted by atomic mass is 16.2. The minimum absolute atomic E-state index is 0.109. The van der Waals surface area contributed by atoms with Crippen molar-refractivity contribution in [3.8, 4) is 0 Å². The van der Waals surface area contributed by atoms with Crippen LogP contribution in [0.3, 0.4) is 0 Å². The first-order valence-electron chi connectivity index (χ1n) is 21.9. The molecule has 0 radical (unpaired) electrons. The van der Waals surface area contributed by atoms with Crippen LogP contribution in [0, 0.1) is 0 Å². The van der Waals surface area contributed by atoms with Gasteiger partial charge in [0.1, 0.15) is 45.3 Å². The van der Waals surface area contributed by atoms with Gasteiger partial charge in [-0.3, -0.25) is 43.2 Å². The Kier molecular flexibility index (Phi) is 20.3. The van der Waals surface area contributed by atoms with E-state index in [4.69, 9.17) is 22.9 Å². The summed E-state index contributed by atoms with van der Waals surface area (Å²) in [6.45, 7) is 18.8. The number of unbranched alkanes of at least 4 members (excludes halogenated alkanes) is 2. The Morgan fingerprint density at radius 1 is 0.500 bits per heavy atom. The zero-order chi connectivity index (χ0) is 49.7. The van der Waals surface area contributed by atoms with Crippen molar-refractivity contribution in [1.29, 1.82) is 0 Å². The van der Waals surface area contributed by atoms with E-state index < -0.39 is 104 Å². The molecule has 1 aliphatic rings. The van der Waals surface area contributed by atoms with Crippen LogP contribution in [0.25, 0.3) is 0 Å². The van der Waals surface area contributed by atoms with Crippen LogP contribution in [0.5, 0.6) is 0 Å². The number of hydrogen-bond donors (Lipinski definition) is 13. The van der Waals surface area contributed by atoms with Crippen LogP contribution < -0.4 is 70.8 Å². The van der Waals surface area contributed by atoms with Crippen LogP contribution in [0.15, 0.2) is 0 Å². The summed E-state index contributed by atoms with van der Waals surface area (Å²) in [6.07, 6.45) is 2.71. The second-order valence-electron chi connectivity index (χ2n) is 20.0. The van der Waals surface area contributed by atoms with E-state index in [0.29, 0.717) is 51.9 Å². The quantitative estimate of drug-likeness (QED) is 0.0411. The summed E-state index contributed by atoms with van der Waals surface area (Å²) in [5.74, 6) is -6.35. The Bertz CT molecular complexity index is 1720. The molecule has 1 fully saturated rings. The molecule has 9 amide bonds. The lowest BCUT2D eigenvalue weighted by Gasteiger charge is -2.39. The van der Waals surface area contributed by atoms with Crippen molar-refractivity contribution in [1.82, 2.24) is 47.9 Å². The topological polar surface area (TPSA) is 366 Å². The normalized spacial score (nSPS) is 15.6. The zero-order valence-corrected chi connectivity index (χ0v) is 40.1. The number of carbonyl (C=O) groups is 9. The van der Waals surface area contributed by atoms with Crippen LogP contribution >= 0.6 is 0 Å². The number of carbonyl (C=O) groups excluding carboxylic acids is 9. The van der Waals surface area contributed by atoms with Crippen molar-refractivity contribution in [3.05, 3.63) is 0 Å². The Balaban J connectivity index is 3.16. The molecule has 22 nitrogen and oxygen atoms in total. The Hall–Kier alpha value is -4.93. The second-order valence-corrected chi connectivity index (χ2v) is 20.0. The molecule has 0 aromatic carbocycles. The number of primary amides is 1. The average Bonchev–Trinajstić information content (AvgIpc) is 3.16. The lowest BCUT2D eigenvalue weighted by atomic mass is 9.86. The van der Waals surface area contributed by atoms with Gasteiger partial charge in [-0.15, -0.1) is 0 Å². The molecule has 1 aliphatic heterocycles. The molecule has 1 heterocycles. The Morgan fingerprint density at radius 2 is 0.828 bits per heavy atom. The molecule has 17 N–H and O–H groups in total. The summed E-state index contributed by atoms with van der Waals surface area (Å²) in [5.41, 5.74) is 12.4. The minimum atomic E-state index is -1.67. The molecule has 2 atom stereocenters. The van der Waals surface area contributed by atoms with Crippen LogP contribution in [0.4, 0.5) is 0 Å². The molecule has 1 rings (SSSR count). The first-order chi connectivity index (χ1) is 29.1. The Morgan fingerprint density at radius 3 is 1.16 bits per heavy atom. The van der Waals surface area contributed by atoms with Gasteiger partial charge in [0, 0.05) is 0 Å². The number of nitrogens with one attached hydrogen (secondary N) is 9. The minimum Gasteiger partial charge on any atom is -0.368 e. The number of hydrogen-bond acceptors (Lipinski definition) is 13. The first-order valence-corrected chi connectivity index (χ1v) is 21.9. The molecule has 0 aliphatic carbocycles. The first kappa shape index (κ1) is 57.1. The number of nitrogens with two attached hydrogens (primary N) is 4. The SMILES string of the molecule is CC(C)(N)C(=O)NC(C)(C)C(=O)N[C@@H](CCCCN)C(=O)NC(C)(C)C(=O)NC(C)(C)C(=O)N[C@@H](CCCCN)C(=O)NC(C)(C)C(=O)NC(C)(C)C(=O)NC1(C(N)=O)CCNCC1. The second kappa shape index (κ2) is 22.8. The van der Waals surface area contributed by atoms with Crippen molar-refractivity contribution in [2.24, 2.45) is 22.9 Å². The third-order valence-electron chi connectivity index (χ3n) is 11.0. The third-order valence-corrected chi connectivity index (χ3v) is 11.0. The predicted molar refractivity (Wildman–Crippen MR) is 241 cm³/mol. The highest BCUT2D eigenvalue weighted by Crippen LogP contribution is 2.21. The molecule has 0 aromatic rings. The molecule has 64 heavy (non-hydrogen) atoms. The molecule has 366 valence electrons. The molecule has 22 heteroatoms. The van der Waals surface area contributed by atoms with Gasteiger partial charge in [0.05, 0.1) is 5.54 Å².